The molecule has 0 saturated carbocycles. The molecule has 2 rings (SSSR count). The van der Waals surface area contributed by atoms with Crippen LogP contribution in [0.2, 0.25) is 0 Å². The van der Waals surface area contributed by atoms with Crippen LogP contribution in [0.4, 0.5) is 0 Å². The fourth-order valence-electron chi connectivity index (χ4n) is 1.87. The molecule has 0 aliphatic carbocycles. The number of nitrogens with zero attached hydrogens (tertiary/aromatic N) is 1. The second-order valence-corrected chi connectivity index (χ2v) is 4.01. The molecule has 0 radical (unpaired) electrons. The molecule has 0 spiro atoms. The van der Waals surface area contributed by atoms with Crippen LogP contribution in [0.5, 0.6) is 0 Å². The molecule has 0 fully saturated rings. The quantitative estimate of drug-likeness (QED) is 0.774. The van der Waals surface area contributed by atoms with Crippen molar-refractivity contribution in [2.75, 3.05) is 20.3 Å². The number of benzene rings is 1. The van der Waals surface area contributed by atoms with Gasteiger partial charge in [0, 0.05) is 31.8 Å². The molecule has 0 atom stereocenters. The zero-order valence-electron chi connectivity index (χ0n) is 10.1. The van der Waals surface area contributed by atoms with Gasteiger partial charge < -0.3 is 10.1 Å². The van der Waals surface area contributed by atoms with Crippen molar-refractivity contribution in [2.24, 2.45) is 0 Å². The zero-order chi connectivity index (χ0) is 11.9. The van der Waals surface area contributed by atoms with Crippen molar-refractivity contribution in [3.8, 4) is 0 Å². The maximum absolute atomic E-state index is 5.01. The monoisotopic (exact) mass is 230 g/mol. The number of nitrogens with one attached hydrogen (secondary N) is 1. The molecule has 0 unspecified atom stereocenters. The Hall–Kier alpha value is -1.45. The van der Waals surface area contributed by atoms with Crippen molar-refractivity contribution in [1.82, 2.24) is 10.3 Å². The van der Waals surface area contributed by atoms with Crippen LogP contribution in [0.15, 0.2) is 36.5 Å². The molecule has 0 saturated heterocycles. The Kier molecular flexibility index (Phi) is 4.47. The minimum Gasteiger partial charge on any atom is -0.385 e. The number of aromatic nitrogens is 1. The van der Waals surface area contributed by atoms with Crippen LogP contribution in [0, 0.1) is 0 Å². The van der Waals surface area contributed by atoms with E-state index in [9.17, 15) is 0 Å². The molecule has 2 aromatic rings. The van der Waals surface area contributed by atoms with Gasteiger partial charge >= 0.3 is 0 Å². The van der Waals surface area contributed by atoms with Crippen molar-refractivity contribution in [3.05, 3.63) is 42.1 Å². The third-order valence-corrected chi connectivity index (χ3v) is 2.76. The van der Waals surface area contributed by atoms with E-state index < -0.39 is 0 Å². The van der Waals surface area contributed by atoms with Gasteiger partial charge in [0.05, 0.1) is 5.52 Å². The van der Waals surface area contributed by atoms with E-state index in [1.165, 1.54) is 10.9 Å². The van der Waals surface area contributed by atoms with E-state index in [0.717, 1.165) is 31.6 Å². The van der Waals surface area contributed by atoms with Crippen LogP contribution in [-0.4, -0.2) is 25.2 Å². The maximum Gasteiger partial charge on any atom is 0.0705 e. The maximum atomic E-state index is 5.01. The number of pyridine rings is 1. The van der Waals surface area contributed by atoms with Gasteiger partial charge in [0.2, 0.25) is 0 Å². The highest BCUT2D eigenvalue weighted by molar-refractivity contribution is 5.81. The number of fused-ring (bicyclic) bond motifs is 1. The highest BCUT2D eigenvalue weighted by Crippen LogP contribution is 2.15. The molecule has 0 amide bonds. The Morgan fingerprint density at radius 2 is 2.12 bits per heavy atom. The predicted molar refractivity (Wildman–Crippen MR) is 69.9 cm³/mol. The second kappa shape index (κ2) is 6.33. The molecule has 3 nitrogen and oxygen atoms in total. The van der Waals surface area contributed by atoms with Crippen molar-refractivity contribution in [3.63, 3.8) is 0 Å². The number of ether oxygens (including phenoxy) is 1. The van der Waals surface area contributed by atoms with Gasteiger partial charge in [-0.05, 0) is 30.7 Å². The third-order valence-electron chi connectivity index (χ3n) is 2.76. The summed E-state index contributed by atoms with van der Waals surface area (Å²) in [6, 6.07) is 10.3. The fourth-order valence-corrected chi connectivity index (χ4v) is 1.87. The minimum atomic E-state index is 0.810. The van der Waals surface area contributed by atoms with E-state index in [-0.39, 0.29) is 0 Å². The van der Waals surface area contributed by atoms with Crippen molar-refractivity contribution in [2.45, 2.75) is 13.0 Å². The highest BCUT2D eigenvalue weighted by Gasteiger charge is 2.00. The van der Waals surface area contributed by atoms with E-state index in [0.29, 0.717) is 0 Å². The van der Waals surface area contributed by atoms with Gasteiger partial charge in [0.25, 0.3) is 0 Å². The van der Waals surface area contributed by atoms with Crippen molar-refractivity contribution >= 4 is 10.9 Å². The molecule has 90 valence electrons. The summed E-state index contributed by atoms with van der Waals surface area (Å²) in [7, 11) is 1.73. The normalized spacial score (nSPS) is 10.9. The number of hydrogen-bond donors (Lipinski definition) is 1. The molecule has 17 heavy (non-hydrogen) atoms. The van der Waals surface area contributed by atoms with E-state index in [1.54, 1.807) is 7.11 Å². The first-order chi connectivity index (χ1) is 8.42. The minimum absolute atomic E-state index is 0.810. The van der Waals surface area contributed by atoms with E-state index in [2.05, 4.69) is 28.5 Å². The largest absolute Gasteiger partial charge is 0.385 e. The summed E-state index contributed by atoms with van der Waals surface area (Å²) in [4.78, 5) is 4.35. The highest BCUT2D eigenvalue weighted by atomic mass is 16.5. The lowest BCUT2D eigenvalue weighted by Crippen LogP contribution is -2.16. The first kappa shape index (κ1) is 12.0. The molecule has 1 aromatic carbocycles. The average molecular weight is 230 g/mol. The van der Waals surface area contributed by atoms with E-state index in [4.69, 9.17) is 4.74 Å². The van der Waals surface area contributed by atoms with E-state index in [1.807, 2.05) is 18.3 Å². The number of hydrogen-bond acceptors (Lipinski definition) is 3. The molecule has 3 heteroatoms. The van der Waals surface area contributed by atoms with Crippen molar-refractivity contribution in [1.29, 1.82) is 0 Å². The lowest BCUT2D eigenvalue weighted by atomic mass is 10.1. The molecule has 0 bridgehead atoms. The van der Waals surface area contributed by atoms with E-state index >= 15 is 0 Å². The summed E-state index contributed by atoms with van der Waals surface area (Å²) < 4.78 is 5.01. The first-order valence-electron chi connectivity index (χ1n) is 5.94. The average Bonchev–Trinajstić information content (AvgIpc) is 2.39. The number of methoxy groups -OCH3 is 1. The molecule has 1 heterocycles. The standard InChI is InChI=1S/C14H18N2O/c1-17-10-4-8-15-11-12-7-9-16-14-6-3-2-5-13(12)14/h2-3,5-7,9,15H,4,8,10-11H2,1H3. The topological polar surface area (TPSA) is 34.1 Å². The Labute approximate surface area is 102 Å². The molecule has 1 N–H and O–H groups in total. The summed E-state index contributed by atoms with van der Waals surface area (Å²) >= 11 is 0. The molecule has 1 aromatic heterocycles. The first-order valence-corrected chi connectivity index (χ1v) is 5.94. The second-order valence-electron chi connectivity index (χ2n) is 4.01. The van der Waals surface area contributed by atoms with Gasteiger partial charge in [-0.2, -0.15) is 0 Å². The van der Waals surface area contributed by atoms with Crippen LogP contribution >= 0.6 is 0 Å². The predicted octanol–water partition coefficient (Wildman–Crippen LogP) is 2.36. The molecule has 0 aliphatic rings. The van der Waals surface area contributed by atoms with Gasteiger partial charge in [0.1, 0.15) is 0 Å². The zero-order valence-corrected chi connectivity index (χ0v) is 10.1. The van der Waals surface area contributed by atoms with Crippen LogP contribution in [0.25, 0.3) is 10.9 Å². The summed E-state index contributed by atoms with van der Waals surface area (Å²) in [5.74, 6) is 0. The number of para-hydroxylation sites is 1. The summed E-state index contributed by atoms with van der Waals surface area (Å²) in [6.45, 7) is 2.67. The Balaban J connectivity index is 1.98. The van der Waals surface area contributed by atoms with Crippen molar-refractivity contribution < 1.29 is 4.74 Å². The SMILES string of the molecule is COCCCNCc1ccnc2ccccc12. The van der Waals surface area contributed by atoms with Gasteiger partial charge in [-0.25, -0.2) is 0 Å². The Bertz CT molecular complexity index is 465. The summed E-state index contributed by atoms with van der Waals surface area (Å²) in [6.07, 6.45) is 2.91. The summed E-state index contributed by atoms with van der Waals surface area (Å²) in [5.41, 5.74) is 2.36. The Morgan fingerprint density at radius 3 is 3.00 bits per heavy atom. The van der Waals surface area contributed by atoms with Gasteiger partial charge in [-0.3, -0.25) is 4.98 Å². The lowest BCUT2D eigenvalue weighted by molar-refractivity contribution is 0.194. The smallest absolute Gasteiger partial charge is 0.0705 e. The van der Waals surface area contributed by atoms with Gasteiger partial charge in [-0.1, -0.05) is 18.2 Å². The molecule has 0 aliphatic heterocycles. The summed E-state index contributed by atoms with van der Waals surface area (Å²) in [5, 5.41) is 4.65. The van der Waals surface area contributed by atoms with Gasteiger partial charge in [-0.15, -0.1) is 0 Å². The Morgan fingerprint density at radius 1 is 1.24 bits per heavy atom. The molecular weight excluding hydrogens is 212 g/mol. The fraction of sp³-hybridized carbons (Fsp3) is 0.357. The van der Waals surface area contributed by atoms with Crippen LogP contribution in [0.3, 0.4) is 0 Å². The van der Waals surface area contributed by atoms with Crippen LogP contribution < -0.4 is 5.32 Å². The third kappa shape index (κ3) is 3.25. The van der Waals surface area contributed by atoms with Gasteiger partial charge in [0.15, 0.2) is 0 Å². The molecular formula is C14H18N2O. The van der Waals surface area contributed by atoms with Crippen LogP contribution in [0.1, 0.15) is 12.0 Å². The van der Waals surface area contributed by atoms with Crippen LogP contribution in [-0.2, 0) is 11.3 Å². The lowest BCUT2D eigenvalue weighted by Gasteiger charge is -2.07. The number of rotatable bonds is 6.